The van der Waals surface area contributed by atoms with Gasteiger partial charge in [0.2, 0.25) is 0 Å². The molecule has 3 nitrogen and oxygen atoms in total. The van der Waals surface area contributed by atoms with Crippen molar-refractivity contribution in [3.63, 3.8) is 0 Å². The number of aryl methyl sites for hydroxylation is 6. The maximum absolute atomic E-state index is 7.18. The van der Waals surface area contributed by atoms with E-state index in [2.05, 4.69) is 71.1 Å². The minimum atomic E-state index is -0.584. The molecule has 0 spiro atoms. The van der Waals surface area contributed by atoms with Gasteiger partial charge in [0.25, 0.3) is 0 Å². The first kappa shape index (κ1) is 19.6. The number of benzene rings is 2. The Bertz CT molecular complexity index is 658. The van der Waals surface area contributed by atoms with Crippen LogP contribution in [0.25, 0.3) is 0 Å². The van der Waals surface area contributed by atoms with Crippen LogP contribution in [-0.4, -0.2) is 19.6 Å². The maximum Gasteiger partial charge on any atom is 0.0802 e. The fourth-order valence-corrected chi connectivity index (χ4v) is 4.46. The van der Waals surface area contributed by atoms with Crippen LogP contribution in [0.4, 0.5) is 0 Å². The van der Waals surface area contributed by atoms with Gasteiger partial charge in [0.15, 0.2) is 0 Å². The van der Waals surface area contributed by atoms with Crippen LogP contribution in [0, 0.1) is 41.5 Å². The molecule has 0 unspecified atom stereocenters. The van der Waals surface area contributed by atoms with E-state index in [1.165, 1.54) is 44.5 Å². The van der Waals surface area contributed by atoms with Crippen molar-refractivity contribution in [2.24, 2.45) is 11.5 Å². The average molecular weight is 340 g/mol. The summed E-state index contributed by atoms with van der Waals surface area (Å²) < 4.78 is 0. The Balaban J connectivity index is 2.72. The molecule has 0 aliphatic heterocycles. The van der Waals surface area contributed by atoms with E-state index in [-0.39, 0.29) is 0 Å². The quantitative estimate of drug-likeness (QED) is 0.708. The third kappa shape index (κ3) is 3.95. The lowest BCUT2D eigenvalue weighted by Gasteiger charge is -2.37. The van der Waals surface area contributed by atoms with Crippen LogP contribution in [0.15, 0.2) is 24.3 Å². The zero-order valence-corrected chi connectivity index (χ0v) is 16.6. The van der Waals surface area contributed by atoms with Gasteiger partial charge in [-0.2, -0.15) is 0 Å². The summed E-state index contributed by atoms with van der Waals surface area (Å²) in [6.45, 7) is 15.0. The lowest BCUT2D eigenvalue weighted by Crippen LogP contribution is -2.49. The topological polar surface area (TPSA) is 64.1 Å². The van der Waals surface area contributed by atoms with Gasteiger partial charge in [0.1, 0.15) is 0 Å². The highest BCUT2D eigenvalue weighted by molar-refractivity contribution is 5.53. The third-order valence-electron chi connectivity index (χ3n) is 4.97. The summed E-state index contributed by atoms with van der Waals surface area (Å²) in [5.74, 6) is 0. The van der Waals surface area contributed by atoms with E-state index < -0.39 is 5.54 Å². The molecule has 0 aliphatic carbocycles. The highest BCUT2D eigenvalue weighted by Gasteiger charge is 2.35. The predicted octanol–water partition coefficient (Wildman–Crippen LogP) is 3.29. The largest absolute Gasteiger partial charge is 0.329 e. The normalized spacial score (nSPS) is 11.8. The van der Waals surface area contributed by atoms with E-state index in [1.54, 1.807) is 0 Å². The van der Waals surface area contributed by atoms with Gasteiger partial charge in [0, 0.05) is 19.6 Å². The molecule has 136 valence electrons. The number of hydrogen-bond donors (Lipinski definition) is 3. The molecule has 0 saturated heterocycles. The number of hydrogen-bond acceptors (Lipinski definition) is 3. The van der Waals surface area contributed by atoms with Crippen LogP contribution in [0.5, 0.6) is 0 Å². The van der Waals surface area contributed by atoms with Gasteiger partial charge < -0.3 is 16.8 Å². The molecule has 2 rings (SSSR count). The molecule has 0 aliphatic rings. The van der Waals surface area contributed by atoms with Gasteiger partial charge in [-0.25, -0.2) is 0 Å². The fraction of sp³-hybridized carbons (Fsp3) is 0.455. The first-order valence-electron chi connectivity index (χ1n) is 9.07. The van der Waals surface area contributed by atoms with Crippen molar-refractivity contribution in [3.05, 3.63) is 68.8 Å². The Labute approximate surface area is 152 Å². The van der Waals surface area contributed by atoms with Crippen molar-refractivity contribution < 1.29 is 0 Å². The molecule has 0 atom stereocenters. The summed E-state index contributed by atoms with van der Waals surface area (Å²) in [6.07, 6.45) is 0. The van der Waals surface area contributed by atoms with Crippen LogP contribution in [-0.2, 0) is 5.54 Å². The molecule has 5 N–H and O–H groups in total. The summed E-state index contributed by atoms with van der Waals surface area (Å²) in [5, 5.41) is 3.46. The summed E-state index contributed by atoms with van der Waals surface area (Å²) in [7, 11) is 0. The molecule has 25 heavy (non-hydrogen) atoms. The molecule has 0 bridgehead atoms. The highest BCUT2D eigenvalue weighted by Crippen LogP contribution is 2.36. The molecule has 0 saturated carbocycles. The molecule has 0 radical (unpaired) electrons. The molecular weight excluding hydrogens is 306 g/mol. The van der Waals surface area contributed by atoms with Crippen molar-refractivity contribution in [1.29, 1.82) is 0 Å². The molecular formula is C22H33N3. The minimum absolute atomic E-state index is 0.584. The van der Waals surface area contributed by atoms with Crippen molar-refractivity contribution in [1.82, 2.24) is 5.32 Å². The van der Waals surface area contributed by atoms with Gasteiger partial charge >= 0.3 is 0 Å². The summed E-state index contributed by atoms with van der Waals surface area (Å²) in [6, 6.07) is 8.91. The monoisotopic (exact) mass is 339 g/mol. The second-order valence-electron chi connectivity index (χ2n) is 7.48. The summed E-state index contributed by atoms with van der Waals surface area (Å²) in [5.41, 5.74) is 22.2. The molecule has 2 aromatic rings. The predicted molar refractivity (Wildman–Crippen MR) is 108 cm³/mol. The van der Waals surface area contributed by atoms with Crippen LogP contribution in [0.3, 0.4) is 0 Å². The molecule has 0 fully saturated rings. The Hall–Kier alpha value is -1.68. The number of rotatable bonds is 6. The van der Waals surface area contributed by atoms with Crippen molar-refractivity contribution >= 4 is 0 Å². The molecule has 0 aromatic heterocycles. The smallest absolute Gasteiger partial charge is 0.0802 e. The number of nitrogens with two attached hydrogens (primary N) is 2. The second kappa shape index (κ2) is 7.69. The lowest BCUT2D eigenvalue weighted by atomic mass is 9.75. The first-order valence-corrected chi connectivity index (χ1v) is 9.07. The molecule has 2 aromatic carbocycles. The van der Waals surface area contributed by atoms with Gasteiger partial charge in [-0.05, 0) is 74.9 Å². The molecule has 0 amide bonds. The second-order valence-corrected chi connectivity index (χ2v) is 7.48. The van der Waals surface area contributed by atoms with Gasteiger partial charge in [0.05, 0.1) is 5.54 Å². The van der Waals surface area contributed by atoms with E-state index >= 15 is 0 Å². The van der Waals surface area contributed by atoms with E-state index in [1.807, 2.05) is 0 Å². The standard InChI is InChI=1S/C22H33N3/c1-14-9-16(3)20(17(4)10-14)22(24,13-25-8-7-23)21-18(5)11-15(2)12-19(21)6/h9-12,25H,7-8,13,23-24H2,1-6H3. The number of nitrogens with one attached hydrogen (secondary N) is 1. The first-order chi connectivity index (χ1) is 11.7. The highest BCUT2D eigenvalue weighted by atomic mass is 14.9. The van der Waals surface area contributed by atoms with Crippen molar-refractivity contribution in [3.8, 4) is 0 Å². The minimum Gasteiger partial charge on any atom is -0.329 e. The zero-order chi connectivity index (χ0) is 18.8. The molecule has 3 heteroatoms. The Kier molecular flexibility index (Phi) is 6.04. The van der Waals surface area contributed by atoms with Crippen LogP contribution in [0.1, 0.15) is 44.5 Å². The lowest BCUT2D eigenvalue weighted by molar-refractivity contribution is 0.475. The summed E-state index contributed by atoms with van der Waals surface area (Å²) in [4.78, 5) is 0. The zero-order valence-electron chi connectivity index (χ0n) is 16.6. The van der Waals surface area contributed by atoms with Gasteiger partial charge in [-0.1, -0.05) is 35.4 Å². The van der Waals surface area contributed by atoms with E-state index in [9.17, 15) is 0 Å². The Morgan fingerprint density at radius 1 is 0.760 bits per heavy atom. The van der Waals surface area contributed by atoms with Gasteiger partial charge in [-0.3, -0.25) is 0 Å². The maximum atomic E-state index is 7.18. The SMILES string of the molecule is Cc1cc(C)c(C(N)(CNCCN)c2c(C)cc(C)cc2C)c(C)c1. The Morgan fingerprint density at radius 2 is 1.12 bits per heavy atom. The van der Waals surface area contributed by atoms with E-state index in [4.69, 9.17) is 11.5 Å². The van der Waals surface area contributed by atoms with Crippen molar-refractivity contribution in [2.75, 3.05) is 19.6 Å². The van der Waals surface area contributed by atoms with E-state index in [0.29, 0.717) is 13.1 Å². The van der Waals surface area contributed by atoms with E-state index in [0.717, 1.165) is 6.54 Å². The van der Waals surface area contributed by atoms with Crippen LogP contribution < -0.4 is 16.8 Å². The fourth-order valence-electron chi connectivity index (χ4n) is 4.46. The summed E-state index contributed by atoms with van der Waals surface area (Å²) >= 11 is 0. The van der Waals surface area contributed by atoms with Crippen LogP contribution >= 0.6 is 0 Å². The Morgan fingerprint density at radius 3 is 1.44 bits per heavy atom. The third-order valence-corrected chi connectivity index (χ3v) is 4.97. The van der Waals surface area contributed by atoms with Gasteiger partial charge in [-0.15, -0.1) is 0 Å². The molecule has 0 heterocycles. The van der Waals surface area contributed by atoms with Crippen molar-refractivity contribution in [2.45, 2.75) is 47.1 Å². The van der Waals surface area contributed by atoms with Crippen LogP contribution in [0.2, 0.25) is 0 Å². The average Bonchev–Trinajstić information content (AvgIpc) is 2.44.